The number of nitrogens with zero attached hydrogens (tertiary/aromatic N) is 1. The number of rotatable bonds is 2. The highest BCUT2D eigenvalue weighted by molar-refractivity contribution is 4.95. The second-order valence-electron chi connectivity index (χ2n) is 3.92. The average molecular weight is 186 g/mol. The molecule has 0 radical (unpaired) electrons. The molecule has 0 aromatic heterocycles. The van der Waals surface area contributed by atoms with Crippen LogP contribution in [-0.2, 0) is 4.74 Å². The van der Waals surface area contributed by atoms with Crippen LogP contribution in [0.5, 0.6) is 0 Å². The van der Waals surface area contributed by atoms with Crippen molar-refractivity contribution in [3.8, 4) is 0 Å². The van der Waals surface area contributed by atoms with Crippen LogP contribution in [0.25, 0.3) is 0 Å². The summed E-state index contributed by atoms with van der Waals surface area (Å²) in [6.07, 6.45) is 0.976. The summed E-state index contributed by atoms with van der Waals surface area (Å²) in [5.41, 5.74) is -0.0674. The molecular weight excluding hydrogens is 168 g/mol. The molecule has 0 aromatic rings. The number of hydrogen-bond donors (Lipinski definition) is 2. The zero-order valence-corrected chi connectivity index (χ0v) is 7.96. The first kappa shape index (κ1) is 9.40. The molecule has 1 atom stereocenters. The van der Waals surface area contributed by atoms with Gasteiger partial charge in [0.1, 0.15) is 0 Å². The number of aliphatic hydroxyl groups excluding tert-OH is 1. The van der Waals surface area contributed by atoms with Crippen molar-refractivity contribution >= 4 is 0 Å². The molecule has 0 amide bonds. The van der Waals surface area contributed by atoms with E-state index in [2.05, 4.69) is 10.2 Å². The summed E-state index contributed by atoms with van der Waals surface area (Å²) >= 11 is 0. The van der Waals surface area contributed by atoms with Crippen LogP contribution >= 0.6 is 0 Å². The van der Waals surface area contributed by atoms with Crippen molar-refractivity contribution < 1.29 is 9.84 Å². The molecule has 0 spiro atoms. The Morgan fingerprint density at radius 3 is 2.69 bits per heavy atom. The quantitative estimate of drug-likeness (QED) is 0.583. The van der Waals surface area contributed by atoms with Crippen LogP contribution in [0.1, 0.15) is 6.42 Å². The standard InChI is InChI=1S/C9H18N2O2/c12-7-9(1-6-13-8-9)11-4-2-10-3-5-11/h10,12H,1-8H2. The zero-order valence-electron chi connectivity index (χ0n) is 7.96. The molecule has 0 aromatic carbocycles. The third kappa shape index (κ3) is 1.72. The Balaban J connectivity index is 2.01. The molecule has 13 heavy (non-hydrogen) atoms. The van der Waals surface area contributed by atoms with E-state index >= 15 is 0 Å². The summed E-state index contributed by atoms with van der Waals surface area (Å²) in [4.78, 5) is 2.37. The second kappa shape index (κ2) is 3.92. The maximum atomic E-state index is 9.43. The molecule has 2 saturated heterocycles. The topological polar surface area (TPSA) is 44.7 Å². The Morgan fingerprint density at radius 1 is 1.38 bits per heavy atom. The monoisotopic (exact) mass is 186 g/mol. The Bertz CT molecular complexity index is 163. The van der Waals surface area contributed by atoms with E-state index < -0.39 is 0 Å². The number of hydrogen-bond acceptors (Lipinski definition) is 4. The van der Waals surface area contributed by atoms with Crippen LogP contribution in [-0.4, -0.2) is 61.5 Å². The van der Waals surface area contributed by atoms with Crippen molar-refractivity contribution in [2.45, 2.75) is 12.0 Å². The van der Waals surface area contributed by atoms with E-state index in [1.807, 2.05) is 0 Å². The Morgan fingerprint density at radius 2 is 2.15 bits per heavy atom. The molecule has 2 rings (SSSR count). The Kier molecular flexibility index (Phi) is 2.83. The maximum Gasteiger partial charge on any atom is 0.0698 e. The SMILES string of the molecule is OCC1(N2CCNCC2)CCOC1. The molecule has 2 N–H and O–H groups in total. The summed E-state index contributed by atoms with van der Waals surface area (Å²) in [7, 11) is 0. The fourth-order valence-corrected chi connectivity index (χ4v) is 2.21. The number of nitrogens with one attached hydrogen (secondary N) is 1. The first-order chi connectivity index (χ1) is 6.37. The summed E-state index contributed by atoms with van der Waals surface area (Å²) in [5, 5.41) is 12.7. The van der Waals surface area contributed by atoms with Gasteiger partial charge in [0.05, 0.1) is 18.8 Å². The van der Waals surface area contributed by atoms with E-state index in [0.717, 1.165) is 39.2 Å². The minimum absolute atomic E-state index is 0.0674. The van der Waals surface area contributed by atoms with Gasteiger partial charge < -0.3 is 15.2 Å². The lowest BCUT2D eigenvalue weighted by molar-refractivity contribution is 0.0119. The van der Waals surface area contributed by atoms with Crippen molar-refractivity contribution in [3.63, 3.8) is 0 Å². The van der Waals surface area contributed by atoms with Gasteiger partial charge in [-0.1, -0.05) is 0 Å². The minimum Gasteiger partial charge on any atom is -0.394 e. The zero-order chi connectivity index (χ0) is 9.15. The van der Waals surface area contributed by atoms with Gasteiger partial charge >= 0.3 is 0 Å². The van der Waals surface area contributed by atoms with Crippen LogP contribution in [0.2, 0.25) is 0 Å². The number of aliphatic hydroxyl groups is 1. The predicted octanol–water partition coefficient (Wildman–Crippen LogP) is -0.957. The van der Waals surface area contributed by atoms with Crippen LogP contribution in [0, 0.1) is 0 Å². The van der Waals surface area contributed by atoms with Crippen LogP contribution < -0.4 is 5.32 Å². The molecule has 0 saturated carbocycles. The normalized spacial score (nSPS) is 36.7. The number of piperazine rings is 1. The summed E-state index contributed by atoms with van der Waals surface area (Å²) < 4.78 is 5.38. The van der Waals surface area contributed by atoms with Gasteiger partial charge in [-0.15, -0.1) is 0 Å². The van der Waals surface area contributed by atoms with E-state index in [0.29, 0.717) is 6.61 Å². The van der Waals surface area contributed by atoms with Crippen molar-refractivity contribution in [1.29, 1.82) is 0 Å². The third-order valence-electron chi connectivity index (χ3n) is 3.16. The Hall–Kier alpha value is -0.160. The van der Waals surface area contributed by atoms with Gasteiger partial charge in [-0.05, 0) is 6.42 Å². The largest absolute Gasteiger partial charge is 0.394 e. The molecule has 4 heteroatoms. The highest BCUT2D eigenvalue weighted by Crippen LogP contribution is 2.25. The van der Waals surface area contributed by atoms with Gasteiger partial charge in [0, 0.05) is 32.8 Å². The predicted molar refractivity (Wildman–Crippen MR) is 49.7 cm³/mol. The van der Waals surface area contributed by atoms with Crippen molar-refractivity contribution in [2.24, 2.45) is 0 Å². The second-order valence-corrected chi connectivity index (χ2v) is 3.92. The maximum absolute atomic E-state index is 9.43. The first-order valence-corrected chi connectivity index (χ1v) is 5.02. The third-order valence-corrected chi connectivity index (χ3v) is 3.16. The van der Waals surface area contributed by atoms with Gasteiger partial charge in [-0.25, -0.2) is 0 Å². The molecular formula is C9H18N2O2. The summed E-state index contributed by atoms with van der Waals surface area (Å²) in [6.45, 7) is 5.85. The molecule has 1 unspecified atom stereocenters. The van der Waals surface area contributed by atoms with Crippen molar-refractivity contribution in [2.75, 3.05) is 46.0 Å². The molecule has 2 aliphatic heterocycles. The summed E-state index contributed by atoms with van der Waals surface area (Å²) in [6, 6.07) is 0. The van der Waals surface area contributed by atoms with E-state index in [9.17, 15) is 5.11 Å². The molecule has 76 valence electrons. The van der Waals surface area contributed by atoms with Crippen LogP contribution in [0.4, 0.5) is 0 Å². The van der Waals surface area contributed by atoms with E-state index in [-0.39, 0.29) is 12.1 Å². The van der Waals surface area contributed by atoms with Crippen molar-refractivity contribution in [1.82, 2.24) is 10.2 Å². The average Bonchev–Trinajstić information content (AvgIpc) is 2.69. The van der Waals surface area contributed by atoms with Gasteiger partial charge in [0.15, 0.2) is 0 Å². The summed E-state index contributed by atoms with van der Waals surface area (Å²) in [5.74, 6) is 0. The molecule has 4 nitrogen and oxygen atoms in total. The van der Waals surface area contributed by atoms with E-state index in [4.69, 9.17) is 4.74 Å². The molecule has 2 fully saturated rings. The van der Waals surface area contributed by atoms with E-state index in [1.165, 1.54) is 0 Å². The first-order valence-electron chi connectivity index (χ1n) is 5.02. The molecule has 0 aliphatic carbocycles. The highest BCUT2D eigenvalue weighted by atomic mass is 16.5. The van der Waals surface area contributed by atoms with Crippen LogP contribution in [0.15, 0.2) is 0 Å². The van der Waals surface area contributed by atoms with Crippen molar-refractivity contribution in [3.05, 3.63) is 0 Å². The number of ether oxygens (including phenoxy) is 1. The molecule has 0 bridgehead atoms. The highest BCUT2D eigenvalue weighted by Gasteiger charge is 2.40. The van der Waals surface area contributed by atoms with E-state index in [1.54, 1.807) is 0 Å². The van der Waals surface area contributed by atoms with Gasteiger partial charge in [0.2, 0.25) is 0 Å². The van der Waals surface area contributed by atoms with Gasteiger partial charge in [-0.2, -0.15) is 0 Å². The smallest absolute Gasteiger partial charge is 0.0698 e. The fourth-order valence-electron chi connectivity index (χ4n) is 2.21. The fraction of sp³-hybridized carbons (Fsp3) is 1.00. The van der Waals surface area contributed by atoms with Crippen LogP contribution in [0.3, 0.4) is 0 Å². The lowest BCUT2D eigenvalue weighted by atomic mass is 9.96. The lowest BCUT2D eigenvalue weighted by Gasteiger charge is -2.41. The van der Waals surface area contributed by atoms with Gasteiger partial charge in [0.25, 0.3) is 0 Å². The Labute approximate surface area is 78.9 Å². The lowest BCUT2D eigenvalue weighted by Crippen LogP contribution is -2.58. The molecule has 2 heterocycles. The minimum atomic E-state index is -0.0674. The molecule has 2 aliphatic rings. The van der Waals surface area contributed by atoms with Gasteiger partial charge in [-0.3, -0.25) is 4.90 Å².